The number of carbonyl (C=O) groups excluding carboxylic acids is 5. The summed E-state index contributed by atoms with van der Waals surface area (Å²) < 4.78 is 0. The van der Waals surface area contributed by atoms with Crippen molar-refractivity contribution in [3.63, 3.8) is 0 Å². The summed E-state index contributed by atoms with van der Waals surface area (Å²) in [6, 6.07) is 2.73. The highest BCUT2D eigenvalue weighted by atomic mass is 16.4. The lowest BCUT2D eigenvalue weighted by molar-refractivity contribution is -0.149. The molecule has 1 aromatic carbocycles. The van der Waals surface area contributed by atoms with Crippen molar-refractivity contribution < 1.29 is 33.9 Å². The quantitative estimate of drug-likeness (QED) is 0.145. The maximum Gasteiger partial charge on any atom is 0.326 e. The van der Waals surface area contributed by atoms with E-state index in [1.54, 1.807) is 6.20 Å². The van der Waals surface area contributed by atoms with Gasteiger partial charge < -0.3 is 42.8 Å². The number of nitrogens with two attached hydrogens (primary N) is 3. The molecule has 1 fully saturated rings. The number of carboxylic acids is 1. The SMILES string of the molecule is NC(=O)CCC(N)C(=O)NC(CCC(N)=O)C(=O)NC(Cc1c[nH]c2ccccc12)C(=O)N1CCCC1C(=O)O. The second kappa shape index (κ2) is 13.6. The number of aliphatic carboxylic acids is 1. The summed E-state index contributed by atoms with van der Waals surface area (Å²) >= 11 is 0. The number of primary amides is 2. The molecule has 0 saturated carbocycles. The Hall–Kier alpha value is -4.46. The number of carbonyl (C=O) groups is 6. The highest BCUT2D eigenvalue weighted by Gasteiger charge is 2.38. The van der Waals surface area contributed by atoms with E-state index in [1.165, 1.54) is 4.90 Å². The number of aromatic amines is 1. The van der Waals surface area contributed by atoms with Gasteiger partial charge in [0, 0.05) is 42.9 Å². The summed E-state index contributed by atoms with van der Waals surface area (Å²) in [4.78, 5) is 78.3. The van der Waals surface area contributed by atoms with Gasteiger partial charge in [-0.25, -0.2) is 4.79 Å². The minimum atomic E-state index is -1.29. The smallest absolute Gasteiger partial charge is 0.326 e. The number of hydrogen-bond donors (Lipinski definition) is 7. The number of rotatable bonds is 14. The molecule has 14 heteroatoms. The van der Waals surface area contributed by atoms with E-state index in [9.17, 15) is 33.9 Å². The Morgan fingerprint density at radius 2 is 1.62 bits per heavy atom. The predicted octanol–water partition coefficient (Wildman–Crippen LogP) is -1.39. The number of hydrogen-bond acceptors (Lipinski definition) is 7. The molecular weight excluding hydrogens is 522 g/mol. The van der Waals surface area contributed by atoms with E-state index in [0.717, 1.165) is 10.9 Å². The Morgan fingerprint density at radius 1 is 0.975 bits per heavy atom. The average molecular weight is 558 g/mol. The molecule has 40 heavy (non-hydrogen) atoms. The largest absolute Gasteiger partial charge is 0.480 e. The standard InChI is InChI=1S/C26H35N7O7/c27-16(7-9-21(28)34)23(36)31-18(8-10-22(29)35)24(37)32-19(25(38)33-11-3-6-20(33)26(39)40)12-14-13-30-17-5-2-1-4-15(14)17/h1-2,4-5,13,16,18-20,30H,3,6-12,27H2,(H2,28,34)(H2,29,35)(H,31,36)(H,32,37)(H,39,40). The molecule has 1 aliphatic rings. The van der Waals surface area contributed by atoms with Crippen molar-refractivity contribution in [3.05, 3.63) is 36.0 Å². The van der Waals surface area contributed by atoms with Crippen LogP contribution in [0.5, 0.6) is 0 Å². The van der Waals surface area contributed by atoms with Gasteiger partial charge in [0.15, 0.2) is 0 Å². The summed E-state index contributed by atoms with van der Waals surface area (Å²) in [7, 11) is 0. The van der Waals surface area contributed by atoms with Crippen LogP contribution in [0.15, 0.2) is 30.5 Å². The first kappa shape index (κ1) is 30.1. The fraction of sp³-hybridized carbons (Fsp3) is 0.462. The molecule has 2 heterocycles. The van der Waals surface area contributed by atoms with Crippen LogP contribution in [-0.2, 0) is 35.2 Å². The van der Waals surface area contributed by atoms with E-state index in [4.69, 9.17) is 17.2 Å². The van der Waals surface area contributed by atoms with Gasteiger partial charge in [0.05, 0.1) is 6.04 Å². The number of nitrogens with one attached hydrogen (secondary N) is 3. The lowest BCUT2D eigenvalue weighted by Gasteiger charge is -2.29. The van der Waals surface area contributed by atoms with Gasteiger partial charge in [-0.2, -0.15) is 0 Å². The first-order chi connectivity index (χ1) is 19.0. The molecule has 14 nitrogen and oxygen atoms in total. The normalized spacial score (nSPS) is 17.1. The van der Waals surface area contributed by atoms with E-state index in [-0.39, 0.29) is 45.1 Å². The van der Waals surface area contributed by atoms with Gasteiger partial charge in [0.25, 0.3) is 0 Å². The summed E-state index contributed by atoms with van der Waals surface area (Å²) in [5.74, 6) is -4.61. The highest BCUT2D eigenvalue weighted by Crippen LogP contribution is 2.23. The molecule has 0 spiro atoms. The van der Waals surface area contributed by atoms with Crippen LogP contribution in [0.1, 0.15) is 44.1 Å². The van der Waals surface area contributed by atoms with E-state index in [0.29, 0.717) is 12.0 Å². The summed E-state index contributed by atoms with van der Waals surface area (Å²) in [6.07, 6.45) is 1.90. The molecule has 4 unspecified atom stereocenters. The number of fused-ring (bicyclic) bond motifs is 1. The Labute approximate surface area is 230 Å². The molecule has 0 radical (unpaired) electrons. The number of aromatic nitrogens is 1. The second-order valence-electron chi connectivity index (χ2n) is 9.83. The van der Waals surface area contributed by atoms with Gasteiger partial charge in [0.1, 0.15) is 18.1 Å². The van der Waals surface area contributed by atoms with Crippen molar-refractivity contribution in [2.75, 3.05) is 6.54 Å². The summed E-state index contributed by atoms with van der Waals surface area (Å²) in [6.45, 7) is 0.215. The molecule has 2 aromatic rings. The molecule has 4 atom stereocenters. The molecule has 0 aliphatic carbocycles. The Kier molecular flexibility index (Phi) is 10.2. The van der Waals surface area contributed by atoms with E-state index >= 15 is 0 Å². The third kappa shape index (κ3) is 7.79. The molecule has 0 bridgehead atoms. The maximum absolute atomic E-state index is 13.6. The number of nitrogens with zero attached hydrogens (tertiary/aromatic N) is 1. The van der Waals surface area contributed by atoms with Gasteiger partial charge in [-0.1, -0.05) is 18.2 Å². The maximum atomic E-state index is 13.6. The van der Waals surface area contributed by atoms with Crippen LogP contribution < -0.4 is 27.8 Å². The van der Waals surface area contributed by atoms with E-state index in [1.807, 2.05) is 24.3 Å². The predicted molar refractivity (Wildman–Crippen MR) is 143 cm³/mol. The Balaban J connectivity index is 1.85. The molecule has 3 rings (SSSR count). The summed E-state index contributed by atoms with van der Waals surface area (Å²) in [5.41, 5.74) is 17.7. The molecular formula is C26H35N7O7. The number of carboxylic acid groups (broad SMARTS) is 1. The van der Waals surface area contributed by atoms with Crippen LogP contribution in [-0.4, -0.2) is 81.2 Å². The lowest BCUT2D eigenvalue weighted by Crippen LogP contribution is -2.57. The van der Waals surface area contributed by atoms with Gasteiger partial charge in [0.2, 0.25) is 29.5 Å². The third-order valence-electron chi connectivity index (χ3n) is 6.89. The van der Waals surface area contributed by atoms with Crippen molar-refractivity contribution in [1.82, 2.24) is 20.5 Å². The first-order valence-corrected chi connectivity index (χ1v) is 13.0. The zero-order chi connectivity index (χ0) is 29.4. The van der Waals surface area contributed by atoms with Crippen molar-refractivity contribution in [3.8, 4) is 0 Å². The monoisotopic (exact) mass is 557 g/mol. The minimum Gasteiger partial charge on any atom is -0.480 e. The van der Waals surface area contributed by atoms with E-state index in [2.05, 4.69) is 15.6 Å². The Bertz CT molecular complexity index is 1280. The third-order valence-corrected chi connectivity index (χ3v) is 6.89. The molecule has 1 saturated heterocycles. The van der Waals surface area contributed by atoms with Crippen LogP contribution in [0.4, 0.5) is 0 Å². The van der Waals surface area contributed by atoms with Crippen molar-refractivity contribution in [1.29, 1.82) is 0 Å². The zero-order valence-corrected chi connectivity index (χ0v) is 21.9. The molecule has 1 aromatic heterocycles. The average Bonchev–Trinajstić information content (AvgIpc) is 3.56. The molecule has 10 N–H and O–H groups in total. The zero-order valence-electron chi connectivity index (χ0n) is 21.9. The van der Waals surface area contributed by atoms with Crippen molar-refractivity contribution in [2.45, 2.75) is 69.1 Å². The van der Waals surface area contributed by atoms with E-state index < -0.39 is 59.7 Å². The second-order valence-corrected chi connectivity index (χ2v) is 9.83. The minimum absolute atomic E-state index is 0.0338. The topological polar surface area (TPSA) is 244 Å². The number of amides is 5. The lowest BCUT2D eigenvalue weighted by atomic mass is 10.0. The fourth-order valence-corrected chi connectivity index (χ4v) is 4.74. The Morgan fingerprint density at radius 3 is 2.30 bits per heavy atom. The van der Waals surface area contributed by atoms with Crippen molar-refractivity contribution >= 4 is 46.4 Å². The summed E-state index contributed by atoms with van der Waals surface area (Å²) in [5, 5.41) is 15.6. The molecule has 5 amide bonds. The van der Waals surface area contributed by atoms with Gasteiger partial charge in [-0.3, -0.25) is 24.0 Å². The van der Waals surface area contributed by atoms with Crippen LogP contribution in [0, 0.1) is 0 Å². The number of likely N-dealkylation sites (tertiary alicyclic amines) is 1. The molecule has 216 valence electrons. The fourth-order valence-electron chi connectivity index (χ4n) is 4.74. The van der Waals surface area contributed by atoms with Gasteiger partial charge >= 0.3 is 5.97 Å². The van der Waals surface area contributed by atoms with Crippen LogP contribution >= 0.6 is 0 Å². The van der Waals surface area contributed by atoms with Gasteiger partial charge in [-0.15, -0.1) is 0 Å². The number of para-hydroxylation sites is 1. The van der Waals surface area contributed by atoms with Gasteiger partial charge in [-0.05, 0) is 37.3 Å². The highest BCUT2D eigenvalue weighted by molar-refractivity contribution is 5.95. The van der Waals surface area contributed by atoms with Crippen LogP contribution in [0.25, 0.3) is 10.9 Å². The number of benzene rings is 1. The molecule has 1 aliphatic heterocycles. The van der Waals surface area contributed by atoms with Crippen LogP contribution in [0.3, 0.4) is 0 Å². The number of H-pyrrole nitrogens is 1. The van der Waals surface area contributed by atoms with Crippen molar-refractivity contribution in [2.24, 2.45) is 17.2 Å². The first-order valence-electron chi connectivity index (χ1n) is 13.0. The van der Waals surface area contributed by atoms with Crippen LogP contribution in [0.2, 0.25) is 0 Å².